The first-order valence-electron chi connectivity index (χ1n) is 9.27. The van der Waals surface area contributed by atoms with Crippen molar-refractivity contribution in [3.05, 3.63) is 64.9 Å². The molecule has 1 aromatic carbocycles. The maximum Gasteiger partial charge on any atom is 0.339 e. The highest BCUT2D eigenvalue weighted by molar-refractivity contribution is 5.91. The molecule has 0 radical (unpaired) electrons. The third-order valence-electron chi connectivity index (χ3n) is 4.75. The van der Waals surface area contributed by atoms with Crippen LogP contribution < -0.4 is 0 Å². The van der Waals surface area contributed by atoms with Gasteiger partial charge in [-0.3, -0.25) is 20.2 Å². The Kier molecular flexibility index (Phi) is 6.62. The monoisotopic (exact) mass is 464 g/mol. The molecule has 2 aliphatic heterocycles. The van der Waals surface area contributed by atoms with Crippen molar-refractivity contribution in [2.24, 2.45) is 10.2 Å². The van der Waals surface area contributed by atoms with Gasteiger partial charge in [-0.2, -0.15) is 0 Å². The SMILES string of the molecule is CC1(C)O[C@H]2O[C@H](CN=[N+]=[N-])[C@H](OC(=O)c3cc([N+](=O)[O-])cc([N+](=O)[O-])c3)[C@H](N=[N+]=[N-])[C@H]2O1. The second-order valence-electron chi connectivity index (χ2n) is 7.37. The van der Waals surface area contributed by atoms with Crippen LogP contribution in [0.4, 0.5) is 11.4 Å². The quantitative estimate of drug-likeness (QED) is 0.144. The number of rotatable bonds is 7. The van der Waals surface area contributed by atoms with E-state index < -0.39 is 69.2 Å². The number of non-ortho nitro benzene ring substituents is 2. The number of azide groups is 2. The smallest absolute Gasteiger partial charge is 0.339 e. The minimum absolute atomic E-state index is 0.353. The van der Waals surface area contributed by atoms with Crippen LogP contribution in [0, 0.1) is 20.2 Å². The first-order valence-corrected chi connectivity index (χ1v) is 9.27. The third-order valence-corrected chi connectivity index (χ3v) is 4.75. The Morgan fingerprint density at radius 2 is 1.79 bits per heavy atom. The molecule has 0 unspecified atom stereocenters. The molecule has 5 atom stereocenters. The normalized spacial score (nSPS) is 27.4. The van der Waals surface area contributed by atoms with E-state index in [-0.39, 0.29) is 6.54 Å². The Balaban J connectivity index is 1.98. The van der Waals surface area contributed by atoms with Gasteiger partial charge >= 0.3 is 5.97 Å². The molecule has 2 fully saturated rings. The van der Waals surface area contributed by atoms with Crippen molar-refractivity contribution in [2.45, 2.75) is 50.3 Å². The molecule has 2 aliphatic rings. The second kappa shape index (κ2) is 9.23. The fraction of sp³-hybridized carbons (Fsp3) is 0.562. The summed E-state index contributed by atoms with van der Waals surface area (Å²) in [6.07, 6.45) is -4.57. The van der Waals surface area contributed by atoms with E-state index >= 15 is 0 Å². The number of hydrogen-bond acceptors (Lipinski definition) is 11. The maximum absolute atomic E-state index is 12.8. The van der Waals surface area contributed by atoms with E-state index in [1.54, 1.807) is 13.8 Å². The molecule has 2 saturated heterocycles. The summed E-state index contributed by atoms with van der Waals surface area (Å²) >= 11 is 0. The highest BCUT2D eigenvalue weighted by atomic mass is 16.8. The number of benzene rings is 1. The molecule has 2 heterocycles. The lowest BCUT2D eigenvalue weighted by molar-refractivity contribution is -0.394. The number of carbonyl (C=O) groups is 1. The average molecular weight is 464 g/mol. The molecule has 17 nitrogen and oxygen atoms in total. The molecule has 17 heteroatoms. The van der Waals surface area contributed by atoms with E-state index in [1.165, 1.54) is 0 Å². The van der Waals surface area contributed by atoms with E-state index in [0.717, 1.165) is 12.1 Å². The van der Waals surface area contributed by atoms with Crippen molar-refractivity contribution in [3.63, 3.8) is 0 Å². The molecule has 0 spiro atoms. The molecule has 1 aromatic rings. The van der Waals surface area contributed by atoms with E-state index in [2.05, 4.69) is 20.1 Å². The number of esters is 1. The fourth-order valence-electron chi connectivity index (χ4n) is 3.47. The minimum Gasteiger partial charge on any atom is -0.455 e. The maximum atomic E-state index is 12.8. The summed E-state index contributed by atoms with van der Waals surface area (Å²) in [5.74, 6) is -2.34. The summed E-state index contributed by atoms with van der Waals surface area (Å²) in [5, 5.41) is 29.3. The Labute approximate surface area is 183 Å². The third kappa shape index (κ3) is 5.08. The van der Waals surface area contributed by atoms with Gasteiger partial charge in [0.15, 0.2) is 12.1 Å². The van der Waals surface area contributed by atoms with Crippen LogP contribution in [0.1, 0.15) is 24.2 Å². The number of fused-ring (bicyclic) bond motifs is 1. The van der Waals surface area contributed by atoms with Crippen molar-refractivity contribution in [1.29, 1.82) is 0 Å². The van der Waals surface area contributed by atoms with E-state index in [4.69, 9.17) is 30.0 Å². The van der Waals surface area contributed by atoms with Crippen LogP contribution in [0.25, 0.3) is 20.9 Å². The molecule has 33 heavy (non-hydrogen) atoms. The molecule has 0 aromatic heterocycles. The summed E-state index contributed by atoms with van der Waals surface area (Å²) in [6.45, 7) is 2.80. The van der Waals surface area contributed by atoms with Crippen LogP contribution in [0.15, 0.2) is 28.4 Å². The Bertz CT molecular complexity index is 1050. The lowest BCUT2D eigenvalue weighted by atomic mass is 9.96. The fourth-order valence-corrected chi connectivity index (χ4v) is 3.47. The molecule has 3 rings (SSSR count). The van der Waals surface area contributed by atoms with Crippen molar-refractivity contribution >= 4 is 17.3 Å². The molecular weight excluding hydrogens is 448 g/mol. The topological polar surface area (TPSA) is 238 Å². The highest BCUT2D eigenvalue weighted by Gasteiger charge is 2.55. The number of ether oxygens (including phenoxy) is 4. The van der Waals surface area contributed by atoms with E-state index in [9.17, 15) is 25.0 Å². The zero-order valence-corrected chi connectivity index (χ0v) is 17.1. The van der Waals surface area contributed by atoms with Gasteiger partial charge in [0, 0.05) is 22.0 Å². The van der Waals surface area contributed by atoms with Gasteiger partial charge in [0.2, 0.25) is 0 Å². The van der Waals surface area contributed by atoms with Gasteiger partial charge in [-0.05, 0) is 24.9 Å². The van der Waals surface area contributed by atoms with Gasteiger partial charge in [0.1, 0.15) is 24.4 Å². The number of nitro benzene ring substituents is 2. The Morgan fingerprint density at radius 3 is 2.33 bits per heavy atom. The standard InChI is InChI=1S/C16H16N8O9/c1-16(2)32-13-11(20-22-18)12(10(6-19-21-17)30-15(13)33-16)31-14(25)7-3-8(23(26)27)5-9(4-7)24(28)29/h3-5,10-13,15H,6H2,1-2H3/t10-,11+,12+,13-,15-/m1/s1. The zero-order valence-electron chi connectivity index (χ0n) is 17.1. The molecule has 0 amide bonds. The van der Waals surface area contributed by atoms with Crippen LogP contribution in [0.3, 0.4) is 0 Å². The molecule has 0 saturated carbocycles. The zero-order chi connectivity index (χ0) is 24.3. The minimum atomic E-state index is -1.38. The van der Waals surface area contributed by atoms with Gasteiger partial charge in [-0.25, -0.2) is 4.79 Å². The first kappa shape index (κ1) is 23.6. The summed E-state index contributed by atoms with van der Waals surface area (Å²) in [4.78, 5) is 38.6. The van der Waals surface area contributed by atoms with Crippen LogP contribution in [0.5, 0.6) is 0 Å². The second-order valence-corrected chi connectivity index (χ2v) is 7.37. The van der Waals surface area contributed by atoms with Crippen LogP contribution in [-0.2, 0) is 18.9 Å². The van der Waals surface area contributed by atoms with Crippen molar-refractivity contribution in [3.8, 4) is 0 Å². The Morgan fingerprint density at radius 1 is 1.15 bits per heavy atom. The van der Waals surface area contributed by atoms with Gasteiger partial charge in [0.05, 0.1) is 28.0 Å². The number of nitrogens with zero attached hydrogens (tertiary/aromatic N) is 8. The lowest BCUT2D eigenvalue weighted by Crippen LogP contribution is -2.57. The molecule has 0 N–H and O–H groups in total. The summed E-state index contributed by atoms with van der Waals surface area (Å²) in [6, 6.07) is 1.08. The van der Waals surface area contributed by atoms with Crippen molar-refractivity contribution < 1.29 is 33.6 Å². The average Bonchev–Trinajstić information content (AvgIpc) is 3.07. The van der Waals surface area contributed by atoms with Crippen molar-refractivity contribution in [1.82, 2.24) is 0 Å². The molecule has 174 valence electrons. The molecular formula is C16H16N8O9. The van der Waals surface area contributed by atoms with Gasteiger partial charge in [-0.15, -0.1) is 0 Å². The number of hydrogen-bond donors (Lipinski definition) is 0. The van der Waals surface area contributed by atoms with Gasteiger partial charge in [-0.1, -0.05) is 10.2 Å². The summed E-state index contributed by atoms with van der Waals surface area (Å²) in [7, 11) is 0. The molecule has 0 aliphatic carbocycles. The predicted octanol–water partition coefficient (Wildman–Crippen LogP) is 2.89. The van der Waals surface area contributed by atoms with E-state index in [1.807, 2.05) is 0 Å². The van der Waals surface area contributed by atoms with Crippen LogP contribution in [0.2, 0.25) is 0 Å². The van der Waals surface area contributed by atoms with Crippen molar-refractivity contribution in [2.75, 3.05) is 6.54 Å². The Hall–Kier alpha value is -4.01. The predicted molar refractivity (Wildman–Crippen MR) is 105 cm³/mol. The van der Waals surface area contributed by atoms with E-state index in [0.29, 0.717) is 6.07 Å². The highest BCUT2D eigenvalue weighted by Crippen LogP contribution is 2.39. The number of nitro groups is 2. The van der Waals surface area contributed by atoms with Crippen LogP contribution >= 0.6 is 0 Å². The first-order chi connectivity index (χ1) is 15.6. The van der Waals surface area contributed by atoms with Gasteiger partial charge in [0.25, 0.3) is 11.4 Å². The summed E-state index contributed by atoms with van der Waals surface area (Å²) in [5.41, 5.74) is 15.8. The lowest BCUT2D eigenvalue weighted by Gasteiger charge is -2.39. The largest absolute Gasteiger partial charge is 0.455 e. The molecule has 0 bridgehead atoms. The number of carbonyl (C=O) groups excluding carboxylic acids is 1. The summed E-state index contributed by atoms with van der Waals surface area (Å²) < 4.78 is 22.4. The van der Waals surface area contributed by atoms with Crippen LogP contribution in [-0.4, -0.2) is 58.8 Å². The van der Waals surface area contributed by atoms with Gasteiger partial charge < -0.3 is 18.9 Å².